The van der Waals surface area contributed by atoms with E-state index in [2.05, 4.69) is 41.0 Å². The minimum absolute atomic E-state index is 0. The molecule has 0 fully saturated rings. The average Bonchev–Trinajstić information content (AvgIpc) is 2.14. The molecule has 0 aromatic carbocycles. The molecule has 1 nitrogen and oxygen atoms in total. The van der Waals surface area contributed by atoms with Crippen LogP contribution in [0.3, 0.4) is 0 Å². The van der Waals surface area contributed by atoms with E-state index in [-0.39, 0.29) is 53.7 Å². The minimum Gasteiger partial charge on any atom is -0.393 e. The summed E-state index contributed by atoms with van der Waals surface area (Å²) in [4.78, 5) is 0. The molecule has 0 heterocycles. The minimum atomic E-state index is -0.0741. The third-order valence-corrected chi connectivity index (χ3v) is 2.14. The molecule has 0 spiro atoms. The van der Waals surface area contributed by atoms with Crippen LogP contribution in [0.25, 0.3) is 0 Å². The summed E-state index contributed by atoms with van der Waals surface area (Å²) in [5, 5.41) is 9.03. The van der Waals surface area contributed by atoms with Gasteiger partial charge in [0.15, 0.2) is 0 Å². The summed E-state index contributed by atoms with van der Waals surface area (Å²) < 4.78 is 0. The molecule has 0 saturated heterocycles. The fourth-order valence-corrected chi connectivity index (χ4v) is 1.21. The van der Waals surface area contributed by atoms with Gasteiger partial charge in [0.1, 0.15) is 0 Å². The van der Waals surface area contributed by atoms with Crippen molar-refractivity contribution >= 4 is 0 Å². The van der Waals surface area contributed by atoms with Gasteiger partial charge in [-0.15, -0.1) is 0 Å². The molecule has 2 heteroatoms. The first-order chi connectivity index (χ1) is 6.93. The third kappa shape index (κ3) is 36.0. The number of rotatable bonds is 6. The summed E-state index contributed by atoms with van der Waals surface area (Å²) >= 11 is 0. The Labute approximate surface area is 143 Å². The van der Waals surface area contributed by atoms with Crippen LogP contribution in [-0.4, -0.2) is 11.2 Å². The Hall–Kier alpha value is 1.06. The molecule has 0 bridgehead atoms. The van der Waals surface area contributed by atoms with Crippen LogP contribution >= 0.6 is 0 Å². The predicted octanol–water partition coefficient (Wildman–Crippen LogP) is 5.72. The molecule has 1 radical (unpaired) electrons. The zero-order valence-electron chi connectivity index (χ0n) is 12.2. The zero-order chi connectivity index (χ0) is 12.3. The summed E-state index contributed by atoms with van der Waals surface area (Å²) in [5.41, 5.74) is 0. The van der Waals surface area contributed by atoms with Crippen molar-refractivity contribution in [2.75, 3.05) is 0 Å². The van der Waals surface area contributed by atoms with E-state index in [0.29, 0.717) is 5.92 Å². The van der Waals surface area contributed by atoms with Gasteiger partial charge in [-0.3, -0.25) is 0 Å². The van der Waals surface area contributed by atoms with Gasteiger partial charge in [0.25, 0.3) is 0 Å². The fourth-order valence-electron chi connectivity index (χ4n) is 1.21. The van der Waals surface area contributed by atoms with E-state index in [9.17, 15) is 0 Å². The van der Waals surface area contributed by atoms with E-state index in [4.69, 9.17) is 5.11 Å². The normalized spacial score (nSPS) is 10.5. The van der Waals surface area contributed by atoms with Gasteiger partial charge < -0.3 is 11.5 Å². The van der Waals surface area contributed by atoms with Gasteiger partial charge in [-0.25, -0.2) is 0 Å². The van der Waals surface area contributed by atoms with Crippen molar-refractivity contribution in [3.63, 3.8) is 0 Å². The van der Waals surface area contributed by atoms with Gasteiger partial charge in [0.2, 0.25) is 0 Å². The Balaban J connectivity index is -0.0000000540. The molecule has 18 heavy (non-hydrogen) atoms. The number of hydrogen-bond donors (Lipinski definition) is 1. The SMILES string of the molecule is C.C.CC[C@@H](O)CC(C)C.CC[CH-]CC(C)C.[Y]. The Morgan fingerprint density at radius 2 is 1.39 bits per heavy atom. The van der Waals surface area contributed by atoms with E-state index < -0.39 is 0 Å². The molecule has 0 unspecified atom stereocenters. The van der Waals surface area contributed by atoms with Crippen LogP contribution < -0.4 is 0 Å². The summed E-state index contributed by atoms with van der Waals surface area (Å²) in [5.74, 6) is 1.48. The molecule has 1 N–H and O–H groups in total. The molecular formula is C16H39OY-. The first-order valence-electron chi connectivity index (χ1n) is 6.43. The van der Waals surface area contributed by atoms with Crippen molar-refractivity contribution in [3.8, 4) is 0 Å². The van der Waals surface area contributed by atoms with E-state index >= 15 is 0 Å². The largest absolute Gasteiger partial charge is 0.393 e. The first-order valence-corrected chi connectivity index (χ1v) is 6.43. The monoisotopic (exact) mass is 336 g/mol. The topological polar surface area (TPSA) is 20.2 Å². The molecule has 0 aliphatic rings. The summed E-state index contributed by atoms with van der Waals surface area (Å²) in [6.07, 6.45) is 6.57. The quantitative estimate of drug-likeness (QED) is 0.615. The van der Waals surface area contributed by atoms with E-state index in [0.717, 1.165) is 18.8 Å². The molecule has 0 aliphatic heterocycles. The van der Waals surface area contributed by atoms with Crippen LogP contribution in [-0.2, 0) is 32.7 Å². The summed E-state index contributed by atoms with van der Waals surface area (Å²) in [7, 11) is 0. The van der Waals surface area contributed by atoms with Crippen molar-refractivity contribution in [3.05, 3.63) is 6.42 Å². The summed E-state index contributed by atoms with van der Waals surface area (Å²) in [6.45, 7) is 12.9. The molecule has 1 atom stereocenters. The molecule has 0 saturated carbocycles. The Bertz CT molecular complexity index is 114. The second kappa shape index (κ2) is 23.2. The standard InChI is InChI=1S/C7H16O.C7H15.2CH4.Y/c1-4-7(8)5-6(2)3;1-4-5-6-7(2)3;;;/h6-8H,4-5H2,1-3H3;5,7H,4,6H2,1-3H3;2*1H4;/q;-1;;;/t7-;;;;/m1..../s1. The molecule has 0 rings (SSSR count). The number of aliphatic hydroxyl groups excluding tert-OH is 1. The Kier molecular flexibility index (Phi) is 40.5. The molecule has 113 valence electrons. The van der Waals surface area contributed by atoms with Crippen LogP contribution in [0.15, 0.2) is 0 Å². The van der Waals surface area contributed by atoms with E-state index in [1.165, 1.54) is 12.8 Å². The van der Waals surface area contributed by atoms with Crippen LogP contribution in [0.5, 0.6) is 0 Å². The number of aliphatic hydroxyl groups is 1. The van der Waals surface area contributed by atoms with Crippen molar-refractivity contribution < 1.29 is 37.8 Å². The van der Waals surface area contributed by atoms with Crippen LogP contribution in [0.2, 0.25) is 0 Å². The van der Waals surface area contributed by atoms with Gasteiger partial charge >= 0.3 is 0 Å². The van der Waals surface area contributed by atoms with Gasteiger partial charge in [-0.05, 0) is 18.8 Å². The van der Waals surface area contributed by atoms with Crippen LogP contribution in [0.1, 0.15) is 82.1 Å². The van der Waals surface area contributed by atoms with Crippen LogP contribution in [0.4, 0.5) is 0 Å². The fraction of sp³-hybridized carbons (Fsp3) is 0.938. The van der Waals surface area contributed by atoms with Crippen molar-refractivity contribution in [2.24, 2.45) is 11.8 Å². The second-order valence-corrected chi connectivity index (χ2v) is 5.02. The molecule has 0 aromatic rings. The van der Waals surface area contributed by atoms with E-state index in [1.54, 1.807) is 0 Å². The van der Waals surface area contributed by atoms with Gasteiger partial charge in [0.05, 0.1) is 6.10 Å². The first kappa shape index (κ1) is 31.5. The van der Waals surface area contributed by atoms with E-state index in [1.807, 2.05) is 6.92 Å². The van der Waals surface area contributed by atoms with Crippen molar-refractivity contribution in [1.29, 1.82) is 0 Å². The molecule has 0 amide bonds. The Morgan fingerprint density at radius 1 is 0.944 bits per heavy atom. The van der Waals surface area contributed by atoms with Crippen molar-refractivity contribution in [2.45, 2.75) is 88.2 Å². The molecule has 0 aromatic heterocycles. The van der Waals surface area contributed by atoms with Crippen molar-refractivity contribution in [1.82, 2.24) is 0 Å². The average molecular weight is 336 g/mol. The van der Waals surface area contributed by atoms with Gasteiger partial charge in [0, 0.05) is 32.7 Å². The second-order valence-electron chi connectivity index (χ2n) is 5.02. The summed E-state index contributed by atoms with van der Waals surface area (Å²) in [6, 6.07) is 0. The maximum Gasteiger partial charge on any atom is 0.0540 e. The maximum absolute atomic E-state index is 9.03. The third-order valence-electron chi connectivity index (χ3n) is 2.14. The van der Waals surface area contributed by atoms with Gasteiger partial charge in [-0.1, -0.05) is 62.3 Å². The zero-order valence-corrected chi connectivity index (χ0v) is 15.0. The Morgan fingerprint density at radius 3 is 1.50 bits per heavy atom. The van der Waals surface area contributed by atoms with Crippen LogP contribution in [0, 0.1) is 18.3 Å². The maximum atomic E-state index is 9.03. The van der Waals surface area contributed by atoms with Gasteiger partial charge in [-0.2, -0.15) is 12.8 Å². The molecular weight excluding hydrogens is 297 g/mol. The number of hydrogen-bond acceptors (Lipinski definition) is 1. The number of unbranched alkanes of at least 4 members (excludes halogenated alkanes) is 1. The predicted molar refractivity (Wildman–Crippen MR) is 83.3 cm³/mol. The smallest absolute Gasteiger partial charge is 0.0540 e. The molecule has 0 aliphatic carbocycles.